The first-order valence-corrected chi connectivity index (χ1v) is 9.85. The summed E-state index contributed by atoms with van der Waals surface area (Å²) >= 11 is 0. The van der Waals surface area contributed by atoms with Crippen LogP contribution >= 0.6 is 0 Å². The molecule has 1 N–H and O–H groups in total. The van der Waals surface area contributed by atoms with Crippen LogP contribution in [0.1, 0.15) is 32.6 Å². The van der Waals surface area contributed by atoms with Crippen molar-refractivity contribution in [3.05, 3.63) is 24.3 Å². The molecule has 134 valence electrons. The Hall–Kier alpha value is -1.60. The normalized spacial score (nSPS) is 16.8. The number of sulfonamides is 1. The van der Waals surface area contributed by atoms with E-state index in [-0.39, 0.29) is 16.7 Å². The molecule has 1 saturated heterocycles. The molecule has 0 radical (unpaired) electrons. The highest BCUT2D eigenvalue weighted by atomic mass is 32.2. The van der Waals surface area contributed by atoms with Crippen LogP contribution in [-0.2, 0) is 14.8 Å². The van der Waals surface area contributed by atoms with Gasteiger partial charge in [-0.2, -0.15) is 4.31 Å². The minimum Gasteiger partial charge on any atom is -0.497 e. The zero-order chi connectivity index (χ0) is 17.6. The van der Waals surface area contributed by atoms with Crippen LogP contribution in [0.5, 0.6) is 5.75 Å². The second-order valence-electron chi connectivity index (χ2n) is 6.00. The number of piperidine rings is 1. The zero-order valence-corrected chi connectivity index (χ0v) is 15.1. The molecule has 1 aromatic rings. The van der Waals surface area contributed by atoms with E-state index in [1.807, 2.05) is 0 Å². The molecule has 0 saturated carbocycles. The first kappa shape index (κ1) is 18.7. The lowest BCUT2D eigenvalue weighted by molar-refractivity contribution is -0.126. The molecular weight excluding hydrogens is 328 g/mol. The average Bonchev–Trinajstić information content (AvgIpc) is 2.62. The topological polar surface area (TPSA) is 75.7 Å². The van der Waals surface area contributed by atoms with Gasteiger partial charge in [-0.05, 0) is 43.5 Å². The summed E-state index contributed by atoms with van der Waals surface area (Å²) in [7, 11) is -1.97. The van der Waals surface area contributed by atoms with E-state index >= 15 is 0 Å². The van der Waals surface area contributed by atoms with Gasteiger partial charge in [0.05, 0.1) is 12.0 Å². The summed E-state index contributed by atoms with van der Waals surface area (Å²) in [5.74, 6) is 0.575. The van der Waals surface area contributed by atoms with E-state index in [4.69, 9.17) is 4.74 Å². The summed E-state index contributed by atoms with van der Waals surface area (Å²) in [5.41, 5.74) is 0. The number of nitrogens with one attached hydrogen (secondary N) is 1. The van der Waals surface area contributed by atoms with Gasteiger partial charge in [-0.25, -0.2) is 8.42 Å². The summed E-state index contributed by atoms with van der Waals surface area (Å²) in [6.45, 7) is 3.52. The number of rotatable bonds is 7. The van der Waals surface area contributed by atoms with Crippen LogP contribution in [0.3, 0.4) is 0 Å². The lowest BCUT2D eigenvalue weighted by Gasteiger charge is -2.30. The van der Waals surface area contributed by atoms with Crippen LogP contribution in [0.4, 0.5) is 0 Å². The Morgan fingerprint density at radius 2 is 1.88 bits per heavy atom. The number of nitrogens with zero attached hydrogens (tertiary/aromatic N) is 1. The number of benzene rings is 1. The minimum absolute atomic E-state index is 0.0462. The second kappa shape index (κ2) is 8.48. The van der Waals surface area contributed by atoms with Gasteiger partial charge in [-0.15, -0.1) is 0 Å². The standard InChI is InChI=1S/C17H26N2O4S/c1-3-4-11-18-17(20)14-9-12-19(13-10-14)24(21,22)16-7-5-15(23-2)6-8-16/h5-8,14H,3-4,9-13H2,1-2H3,(H,18,20). The zero-order valence-electron chi connectivity index (χ0n) is 14.3. The van der Waals surface area contributed by atoms with Crippen molar-refractivity contribution in [2.24, 2.45) is 5.92 Å². The Morgan fingerprint density at radius 1 is 1.25 bits per heavy atom. The summed E-state index contributed by atoms with van der Waals surface area (Å²) in [4.78, 5) is 12.3. The average molecular weight is 354 g/mol. The largest absolute Gasteiger partial charge is 0.497 e. The van der Waals surface area contributed by atoms with Crippen molar-refractivity contribution in [2.45, 2.75) is 37.5 Å². The van der Waals surface area contributed by atoms with Crippen molar-refractivity contribution < 1.29 is 17.9 Å². The van der Waals surface area contributed by atoms with Crippen LogP contribution in [-0.4, -0.2) is 45.4 Å². The molecule has 1 fully saturated rings. The lowest BCUT2D eigenvalue weighted by Crippen LogP contribution is -2.43. The monoisotopic (exact) mass is 354 g/mol. The van der Waals surface area contributed by atoms with Crippen molar-refractivity contribution >= 4 is 15.9 Å². The van der Waals surface area contributed by atoms with Gasteiger partial charge in [0.15, 0.2) is 0 Å². The number of hydrogen-bond acceptors (Lipinski definition) is 4. The van der Waals surface area contributed by atoms with E-state index in [9.17, 15) is 13.2 Å². The number of methoxy groups -OCH3 is 1. The third-order valence-corrected chi connectivity index (χ3v) is 6.26. The van der Waals surface area contributed by atoms with Crippen molar-refractivity contribution in [3.8, 4) is 5.75 Å². The van der Waals surface area contributed by atoms with Crippen LogP contribution in [0.2, 0.25) is 0 Å². The molecule has 0 atom stereocenters. The van der Waals surface area contributed by atoms with Crippen LogP contribution < -0.4 is 10.1 Å². The fourth-order valence-electron chi connectivity index (χ4n) is 2.79. The summed E-state index contributed by atoms with van der Waals surface area (Å²) in [6, 6.07) is 6.39. The van der Waals surface area contributed by atoms with Crippen molar-refractivity contribution in [1.29, 1.82) is 0 Å². The highest BCUT2D eigenvalue weighted by Gasteiger charge is 2.31. The number of carbonyl (C=O) groups is 1. The van der Waals surface area contributed by atoms with Gasteiger partial charge in [0, 0.05) is 25.6 Å². The lowest BCUT2D eigenvalue weighted by atomic mass is 9.97. The number of ether oxygens (including phenoxy) is 1. The molecule has 0 aromatic heterocycles. The number of unbranched alkanes of at least 4 members (excludes halogenated alkanes) is 1. The van der Waals surface area contributed by atoms with Gasteiger partial charge < -0.3 is 10.1 Å². The summed E-state index contributed by atoms with van der Waals surface area (Å²) in [6.07, 6.45) is 3.13. The fourth-order valence-corrected chi connectivity index (χ4v) is 4.26. The van der Waals surface area contributed by atoms with E-state index in [1.165, 1.54) is 4.31 Å². The van der Waals surface area contributed by atoms with Crippen LogP contribution in [0, 0.1) is 5.92 Å². The minimum atomic E-state index is -3.51. The molecule has 1 aliphatic heterocycles. The Kier molecular flexibility index (Phi) is 6.62. The number of amides is 1. The molecule has 7 heteroatoms. The predicted molar refractivity (Wildman–Crippen MR) is 92.4 cm³/mol. The molecule has 6 nitrogen and oxygen atoms in total. The van der Waals surface area contributed by atoms with Gasteiger partial charge in [0.2, 0.25) is 15.9 Å². The molecule has 0 unspecified atom stereocenters. The molecule has 0 bridgehead atoms. The molecule has 1 heterocycles. The van der Waals surface area contributed by atoms with E-state index in [0.717, 1.165) is 12.8 Å². The summed E-state index contributed by atoms with van der Waals surface area (Å²) in [5, 5.41) is 2.93. The van der Waals surface area contributed by atoms with Gasteiger partial charge in [0.1, 0.15) is 5.75 Å². The molecule has 1 amide bonds. The smallest absolute Gasteiger partial charge is 0.243 e. The van der Waals surface area contributed by atoms with Crippen LogP contribution in [0.15, 0.2) is 29.2 Å². The van der Waals surface area contributed by atoms with Crippen molar-refractivity contribution in [2.75, 3.05) is 26.7 Å². The molecule has 0 spiro atoms. The first-order chi connectivity index (χ1) is 11.5. The quantitative estimate of drug-likeness (QED) is 0.760. The Bertz CT molecular complexity index is 635. The van der Waals surface area contributed by atoms with E-state index in [2.05, 4.69) is 12.2 Å². The third kappa shape index (κ3) is 4.48. The predicted octanol–water partition coefficient (Wildman–Crippen LogP) is 2.01. The van der Waals surface area contributed by atoms with Crippen LogP contribution in [0.25, 0.3) is 0 Å². The SMILES string of the molecule is CCCCNC(=O)C1CCN(S(=O)(=O)c2ccc(OC)cc2)CC1. The molecular formula is C17H26N2O4S. The third-order valence-electron chi connectivity index (χ3n) is 4.35. The number of carbonyl (C=O) groups excluding carboxylic acids is 1. The van der Waals surface area contributed by atoms with Crippen molar-refractivity contribution in [1.82, 2.24) is 9.62 Å². The van der Waals surface area contributed by atoms with Gasteiger partial charge in [-0.1, -0.05) is 13.3 Å². The second-order valence-corrected chi connectivity index (χ2v) is 7.94. The van der Waals surface area contributed by atoms with Crippen molar-refractivity contribution in [3.63, 3.8) is 0 Å². The molecule has 1 aromatic carbocycles. The molecule has 2 rings (SSSR count). The van der Waals surface area contributed by atoms with E-state index in [0.29, 0.717) is 38.2 Å². The highest BCUT2D eigenvalue weighted by molar-refractivity contribution is 7.89. The van der Waals surface area contributed by atoms with Gasteiger partial charge in [0.25, 0.3) is 0 Å². The van der Waals surface area contributed by atoms with E-state index < -0.39 is 10.0 Å². The summed E-state index contributed by atoms with van der Waals surface area (Å²) < 4.78 is 31.8. The van der Waals surface area contributed by atoms with Gasteiger partial charge in [-0.3, -0.25) is 4.79 Å². The Balaban J connectivity index is 1.94. The Morgan fingerprint density at radius 3 is 2.42 bits per heavy atom. The Labute approximate surface area is 144 Å². The first-order valence-electron chi connectivity index (χ1n) is 8.41. The highest BCUT2D eigenvalue weighted by Crippen LogP contribution is 2.25. The molecule has 24 heavy (non-hydrogen) atoms. The molecule has 1 aliphatic rings. The maximum absolute atomic E-state index is 12.7. The fraction of sp³-hybridized carbons (Fsp3) is 0.588. The maximum atomic E-state index is 12.7. The maximum Gasteiger partial charge on any atom is 0.243 e. The molecule has 0 aliphatic carbocycles. The number of hydrogen-bond donors (Lipinski definition) is 1. The van der Waals surface area contributed by atoms with Gasteiger partial charge >= 0.3 is 0 Å². The van der Waals surface area contributed by atoms with E-state index in [1.54, 1.807) is 31.4 Å².